The molecule has 20 heavy (non-hydrogen) atoms. The fourth-order valence-corrected chi connectivity index (χ4v) is 1.96. The summed E-state index contributed by atoms with van der Waals surface area (Å²) < 4.78 is 18.2. The van der Waals surface area contributed by atoms with Gasteiger partial charge in [-0.05, 0) is 41.9 Å². The minimum atomic E-state index is -0.757. The highest BCUT2D eigenvalue weighted by Crippen LogP contribution is 2.22. The SMILES string of the molecule is COc1ccc(C(=O)Cl)c(C(=O)c2cccc(F)c2)c1. The van der Waals surface area contributed by atoms with Gasteiger partial charge in [0.15, 0.2) is 5.78 Å². The maximum Gasteiger partial charge on any atom is 0.253 e. The second-order valence-electron chi connectivity index (χ2n) is 4.02. The van der Waals surface area contributed by atoms with Crippen LogP contribution in [0.3, 0.4) is 0 Å². The Bertz CT molecular complexity index is 683. The number of halogens is 2. The standard InChI is InChI=1S/C15H10ClFO3/c1-20-11-5-6-12(15(16)19)13(8-11)14(18)9-3-2-4-10(17)7-9/h2-8H,1H3. The minimum Gasteiger partial charge on any atom is -0.497 e. The van der Waals surface area contributed by atoms with E-state index in [4.69, 9.17) is 16.3 Å². The molecule has 0 aliphatic rings. The smallest absolute Gasteiger partial charge is 0.253 e. The average Bonchev–Trinajstić information content (AvgIpc) is 2.45. The van der Waals surface area contributed by atoms with Crippen molar-refractivity contribution in [2.45, 2.75) is 0 Å². The number of ketones is 1. The molecule has 0 spiro atoms. The number of benzene rings is 2. The zero-order valence-corrected chi connectivity index (χ0v) is 11.3. The van der Waals surface area contributed by atoms with Gasteiger partial charge in [0.2, 0.25) is 0 Å². The Morgan fingerprint density at radius 3 is 2.45 bits per heavy atom. The van der Waals surface area contributed by atoms with Gasteiger partial charge in [-0.2, -0.15) is 0 Å². The Morgan fingerprint density at radius 1 is 1.10 bits per heavy atom. The molecule has 0 heterocycles. The molecule has 0 aromatic heterocycles. The van der Waals surface area contributed by atoms with E-state index in [1.165, 1.54) is 43.5 Å². The van der Waals surface area contributed by atoms with Crippen molar-refractivity contribution in [3.63, 3.8) is 0 Å². The summed E-state index contributed by atoms with van der Waals surface area (Å²) in [5.74, 6) is -0.615. The molecule has 0 fully saturated rings. The summed E-state index contributed by atoms with van der Waals surface area (Å²) in [6.45, 7) is 0. The van der Waals surface area contributed by atoms with Crippen LogP contribution in [0, 0.1) is 5.82 Å². The zero-order valence-electron chi connectivity index (χ0n) is 10.5. The summed E-state index contributed by atoms with van der Waals surface area (Å²) in [5, 5.41) is -0.757. The van der Waals surface area contributed by atoms with Crippen molar-refractivity contribution in [2.75, 3.05) is 7.11 Å². The van der Waals surface area contributed by atoms with Crippen LogP contribution in [-0.4, -0.2) is 18.1 Å². The normalized spacial score (nSPS) is 10.2. The van der Waals surface area contributed by atoms with Crippen molar-refractivity contribution in [3.05, 3.63) is 65.0 Å². The van der Waals surface area contributed by atoms with Gasteiger partial charge in [-0.1, -0.05) is 12.1 Å². The molecule has 2 aromatic carbocycles. The van der Waals surface area contributed by atoms with Crippen molar-refractivity contribution in [1.82, 2.24) is 0 Å². The van der Waals surface area contributed by atoms with E-state index >= 15 is 0 Å². The van der Waals surface area contributed by atoms with E-state index in [0.29, 0.717) is 5.75 Å². The highest BCUT2D eigenvalue weighted by atomic mass is 35.5. The van der Waals surface area contributed by atoms with Crippen molar-refractivity contribution in [1.29, 1.82) is 0 Å². The molecule has 5 heteroatoms. The Kier molecular flexibility index (Phi) is 4.15. The maximum atomic E-state index is 13.2. The predicted octanol–water partition coefficient (Wildman–Crippen LogP) is 3.44. The van der Waals surface area contributed by atoms with Gasteiger partial charge in [-0.25, -0.2) is 4.39 Å². The van der Waals surface area contributed by atoms with Crippen LogP contribution < -0.4 is 4.74 Å². The third-order valence-corrected chi connectivity index (χ3v) is 2.97. The summed E-state index contributed by atoms with van der Waals surface area (Å²) in [4.78, 5) is 23.7. The monoisotopic (exact) mass is 292 g/mol. The first-order valence-corrected chi connectivity index (χ1v) is 6.09. The van der Waals surface area contributed by atoms with E-state index < -0.39 is 16.8 Å². The van der Waals surface area contributed by atoms with Crippen LogP contribution in [0.25, 0.3) is 0 Å². The number of carbonyl (C=O) groups is 2. The first-order chi connectivity index (χ1) is 9.52. The van der Waals surface area contributed by atoms with E-state index in [9.17, 15) is 14.0 Å². The van der Waals surface area contributed by atoms with E-state index in [-0.39, 0.29) is 16.7 Å². The van der Waals surface area contributed by atoms with Crippen LogP contribution in [0.4, 0.5) is 4.39 Å². The first-order valence-electron chi connectivity index (χ1n) is 5.71. The average molecular weight is 293 g/mol. The van der Waals surface area contributed by atoms with Crippen LogP contribution in [-0.2, 0) is 0 Å². The fourth-order valence-electron chi connectivity index (χ4n) is 1.79. The molecule has 0 saturated heterocycles. The molecule has 0 aliphatic heterocycles. The van der Waals surface area contributed by atoms with Gasteiger partial charge >= 0.3 is 0 Å². The largest absolute Gasteiger partial charge is 0.497 e. The Hall–Kier alpha value is -2.20. The molecule has 0 radical (unpaired) electrons. The number of carbonyl (C=O) groups excluding carboxylic acids is 2. The number of methoxy groups -OCH3 is 1. The van der Waals surface area contributed by atoms with Crippen LogP contribution in [0.15, 0.2) is 42.5 Å². The van der Waals surface area contributed by atoms with Crippen molar-refractivity contribution in [2.24, 2.45) is 0 Å². The van der Waals surface area contributed by atoms with Gasteiger partial charge in [-0.15, -0.1) is 0 Å². The lowest BCUT2D eigenvalue weighted by molar-refractivity contribution is 0.102. The molecule has 0 bridgehead atoms. The zero-order chi connectivity index (χ0) is 14.7. The molecule has 0 aliphatic carbocycles. The molecule has 0 atom stereocenters. The number of hydrogen-bond acceptors (Lipinski definition) is 3. The molecule has 0 N–H and O–H groups in total. The van der Waals surface area contributed by atoms with Crippen LogP contribution in [0.1, 0.15) is 26.3 Å². The van der Waals surface area contributed by atoms with Gasteiger partial charge in [0.25, 0.3) is 5.24 Å². The highest BCUT2D eigenvalue weighted by molar-refractivity contribution is 6.68. The van der Waals surface area contributed by atoms with Gasteiger partial charge in [0.1, 0.15) is 11.6 Å². The second kappa shape index (κ2) is 5.84. The predicted molar refractivity (Wildman–Crippen MR) is 73.0 cm³/mol. The molecule has 0 amide bonds. The molecule has 2 aromatic rings. The summed E-state index contributed by atoms with van der Waals surface area (Å²) in [6, 6.07) is 9.56. The molecule has 102 valence electrons. The van der Waals surface area contributed by atoms with Crippen LogP contribution in [0.5, 0.6) is 5.75 Å². The lowest BCUT2D eigenvalue weighted by Gasteiger charge is -2.08. The molecular weight excluding hydrogens is 283 g/mol. The molecule has 0 saturated carbocycles. The fraction of sp³-hybridized carbons (Fsp3) is 0.0667. The van der Waals surface area contributed by atoms with Gasteiger partial charge in [-0.3, -0.25) is 9.59 Å². The van der Waals surface area contributed by atoms with Crippen LogP contribution in [0.2, 0.25) is 0 Å². The summed E-state index contributed by atoms with van der Waals surface area (Å²) in [7, 11) is 1.44. The molecular formula is C15H10ClFO3. The third-order valence-electron chi connectivity index (χ3n) is 2.77. The number of rotatable bonds is 4. The minimum absolute atomic E-state index is 0.0572. The quantitative estimate of drug-likeness (QED) is 0.640. The number of ether oxygens (including phenoxy) is 1. The summed E-state index contributed by atoms with van der Waals surface area (Å²) in [5.41, 5.74) is 0.272. The Balaban J connectivity index is 2.55. The van der Waals surface area contributed by atoms with E-state index in [2.05, 4.69) is 0 Å². The lowest BCUT2D eigenvalue weighted by Crippen LogP contribution is -2.08. The van der Waals surface area contributed by atoms with Gasteiger partial charge < -0.3 is 4.74 Å². The van der Waals surface area contributed by atoms with Crippen LogP contribution >= 0.6 is 11.6 Å². The summed E-state index contributed by atoms with van der Waals surface area (Å²) >= 11 is 5.46. The maximum absolute atomic E-state index is 13.2. The van der Waals surface area contributed by atoms with Crippen molar-refractivity contribution < 1.29 is 18.7 Å². The molecule has 2 rings (SSSR count). The van der Waals surface area contributed by atoms with Gasteiger partial charge in [0.05, 0.1) is 7.11 Å². The topological polar surface area (TPSA) is 43.4 Å². The number of hydrogen-bond donors (Lipinski definition) is 0. The summed E-state index contributed by atoms with van der Waals surface area (Å²) in [6.07, 6.45) is 0. The van der Waals surface area contributed by atoms with Gasteiger partial charge in [0, 0.05) is 16.7 Å². The molecule has 0 unspecified atom stereocenters. The van der Waals surface area contributed by atoms with E-state index in [1.807, 2.05) is 0 Å². The van der Waals surface area contributed by atoms with Crippen molar-refractivity contribution >= 4 is 22.6 Å². The first kappa shape index (κ1) is 14.2. The Morgan fingerprint density at radius 2 is 1.85 bits per heavy atom. The van der Waals surface area contributed by atoms with E-state index in [1.54, 1.807) is 0 Å². The Labute approximate surface area is 119 Å². The highest BCUT2D eigenvalue weighted by Gasteiger charge is 2.18. The lowest BCUT2D eigenvalue weighted by atomic mass is 9.98. The molecule has 3 nitrogen and oxygen atoms in total. The van der Waals surface area contributed by atoms with E-state index in [0.717, 1.165) is 6.07 Å². The second-order valence-corrected chi connectivity index (χ2v) is 4.37. The van der Waals surface area contributed by atoms with Crippen molar-refractivity contribution in [3.8, 4) is 5.75 Å². The third kappa shape index (κ3) is 2.86.